The van der Waals surface area contributed by atoms with Gasteiger partial charge in [0.15, 0.2) is 0 Å². The lowest BCUT2D eigenvalue weighted by Gasteiger charge is -2.26. The summed E-state index contributed by atoms with van der Waals surface area (Å²) in [5, 5.41) is 4.91. The summed E-state index contributed by atoms with van der Waals surface area (Å²) in [7, 11) is 0. The quantitative estimate of drug-likeness (QED) is 0.102. The topological polar surface area (TPSA) is 55.0 Å². The van der Waals surface area contributed by atoms with E-state index in [1.54, 1.807) is 0 Å². The Labute approximate surface area is 616 Å². The van der Waals surface area contributed by atoms with Crippen LogP contribution in [0.5, 0.6) is 0 Å². The van der Waals surface area contributed by atoms with Crippen LogP contribution >= 0.6 is 0 Å². The Morgan fingerprint density at radius 3 is 0.783 bits per heavy atom. The molecule has 0 fully saturated rings. The van der Waals surface area contributed by atoms with Crippen molar-refractivity contribution >= 4 is 77.7 Å². The summed E-state index contributed by atoms with van der Waals surface area (Å²) in [5.74, 6) is 0. The minimum absolute atomic E-state index is 1.09. The maximum Gasteiger partial charge on any atom is 0.0542 e. The van der Waals surface area contributed by atoms with Gasteiger partial charge in [0.2, 0.25) is 0 Å². The molecule has 5 heterocycles. The SMILES string of the molecule is c1ccc(N(c2ccc(-c3ccc(N(c4ccccc4)c4ccc5c(c4)c4ccccc4n5-c4ccccc4)cc3)cc2)c2ccc3c(c2)c2ccccc2n3-c2ccccc2)cc1.c1cncc(-c2cccc(-c3cc(-c4cccc(-c5cccnc5)c4)cc(-c4cccc(-c5cccnc5)c4)c3)c2)c1. The highest BCUT2D eigenvalue weighted by molar-refractivity contribution is 6.12. The second kappa shape index (κ2) is 28.6. The molecular formula is C99H69N7. The van der Waals surface area contributed by atoms with Crippen LogP contribution < -0.4 is 9.80 Å². The molecule has 19 aromatic rings. The van der Waals surface area contributed by atoms with Gasteiger partial charge in [0.05, 0.1) is 22.1 Å². The predicted molar refractivity (Wildman–Crippen MR) is 442 cm³/mol. The summed E-state index contributed by atoms with van der Waals surface area (Å²) in [6.07, 6.45) is 11.2. The average molecular weight is 1360 g/mol. The number of pyridine rings is 3. The monoisotopic (exact) mass is 1360 g/mol. The Morgan fingerprint density at radius 2 is 0.443 bits per heavy atom. The number of aromatic nitrogens is 5. The Morgan fingerprint density at radius 1 is 0.170 bits per heavy atom. The van der Waals surface area contributed by atoms with Crippen molar-refractivity contribution < 1.29 is 0 Å². The van der Waals surface area contributed by atoms with Crippen molar-refractivity contribution in [3.05, 3.63) is 419 Å². The zero-order chi connectivity index (χ0) is 70.5. The van der Waals surface area contributed by atoms with E-state index in [0.29, 0.717) is 0 Å². The van der Waals surface area contributed by atoms with Gasteiger partial charge in [0.25, 0.3) is 0 Å². The average Bonchev–Trinajstić information content (AvgIpc) is 1.63. The molecule has 500 valence electrons. The number of nitrogens with zero attached hydrogens (tertiary/aromatic N) is 7. The zero-order valence-electron chi connectivity index (χ0n) is 58.0. The van der Waals surface area contributed by atoms with Crippen molar-refractivity contribution in [3.8, 4) is 89.3 Å². The second-order valence-corrected chi connectivity index (χ2v) is 26.5. The first-order valence-electron chi connectivity index (χ1n) is 35.8. The number of para-hydroxylation sites is 6. The van der Waals surface area contributed by atoms with Gasteiger partial charge < -0.3 is 18.9 Å². The lowest BCUT2D eigenvalue weighted by atomic mass is 9.91. The highest BCUT2D eigenvalue weighted by Gasteiger charge is 2.21. The summed E-state index contributed by atoms with van der Waals surface area (Å²) < 4.78 is 4.73. The molecule has 0 N–H and O–H groups in total. The summed E-state index contributed by atoms with van der Waals surface area (Å²) in [6, 6.07) is 137. The molecule has 5 aromatic heterocycles. The van der Waals surface area contributed by atoms with Gasteiger partial charge in [-0.15, -0.1) is 0 Å². The first kappa shape index (κ1) is 63.9. The number of fused-ring (bicyclic) bond motifs is 6. The summed E-state index contributed by atoms with van der Waals surface area (Å²) in [5.41, 5.74) is 29.7. The number of benzene rings is 14. The molecule has 0 aliphatic carbocycles. The third-order valence-electron chi connectivity index (χ3n) is 20.0. The van der Waals surface area contributed by atoms with Gasteiger partial charge in [0, 0.05) is 121 Å². The molecular weight excluding hydrogens is 1290 g/mol. The van der Waals surface area contributed by atoms with E-state index in [2.05, 4.69) is 398 Å². The summed E-state index contributed by atoms with van der Waals surface area (Å²) in [6.45, 7) is 0. The number of rotatable bonds is 15. The van der Waals surface area contributed by atoms with Gasteiger partial charge in [-0.2, -0.15) is 0 Å². The number of anilines is 6. The zero-order valence-corrected chi connectivity index (χ0v) is 58.0. The predicted octanol–water partition coefficient (Wildman–Crippen LogP) is 26.4. The van der Waals surface area contributed by atoms with Crippen LogP contribution in [0.2, 0.25) is 0 Å². The lowest BCUT2D eigenvalue weighted by molar-refractivity contribution is 1.18. The lowest BCUT2D eigenvalue weighted by Crippen LogP contribution is -2.10. The molecule has 0 radical (unpaired) electrons. The van der Waals surface area contributed by atoms with Crippen molar-refractivity contribution in [2.75, 3.05) is 9.80 Å². The van der Waals surface area contributed by atoms with Crippen LogP contribution in [0.1, 0.15) is 0 Å². The molecule has 0 saturated heterocycles. The van der Waals surface area contributed by atoms with Crippen LogP contribution in [0.4, 0.5) is 34.1 Å². The van der Waals surface area contributed by atoms with Gasteiger partial charge in [-0.3, -0.25) is 15.0 Å². The molecule has 0 bridgehead atoms. The first-order chi connectivity index (χ1) is 52.6. The minimum atomic E-state index is 1.09. The van der Waals surface area contributed by atoms with Gasteiger partial charge in [-0.25, -0.2) is 0 Å². The summed E-state index contributed by atoms with van der Waals surface area (Å²) >= 11 is 0. The van der Waals surface area contributed by atoms with Gasteiger partial charge in [-0.1, -0.05) is 206 Å². The summed E-state index contributed by atoms with van der Waals surface area (Å²) in [4.78, 5) is 17.7. The molecule has 0 amide bonds. The molecule has 0 aliphatic heterocycles. The first-order valence-corrected chi connectivity index (χ1v) is 35.8. The van der Waals surface area contributed by atoms with E-state index < -0.39 is 0 Å². The molecule has 0 atom stereocenters. The molecule has 0 spiro atoms. The highest BCUT2D eigenvalue weighted by Crippen LogP contribution is 2.44. The maximum absolute atomic E-state index is 4.33. The van der Waals surface area contributed by atoms with Crippen LogP contribution in [0.3, 0.4) is 0 Å². The van der Waals surface area contributed by atoms with Crippen LogP contribution in [0.25, 0.3) is 133 Å². The highest BCUT2D eigenvalue weighted by atomic mass is 15.1. The van der Waals surface area contributed by atoms with Crippen molar-refractivity contribution in [2.24, 2.45) is 0 Å². The smallest absolute Gasteiger partial charge is 0.0542 e. The van der Waals surface area contributed by atoms with Crippen LogP contribution in [0.15, 0.2) is 419 Å². The fourth-order valence-electron chi connectivity index (χ4n) is 14.9. The Balaban J connectivity index is 0.000000164. The van der Waals surface area contributed by atoms with Crippen molar-refractivity contribution in [1.82, 2.24) is 24.1 Å². The fraction of sp³-hybridized carbons (Fsp3) is 0. The van der Waals surface area contributed by atoms with Gasteiger partial charge >= 0.3 is 0 Å². The maximum atomic E-state index is 4.33. The van der Waals surface area contributed by atoms with Crippen LogP contribution in [0, 0.1) is 0 Å². The van der Waals surface area contributed by atoms with Crippen LogP contribution in [-0.4, -0.2) is 24.1 Å². The van der Waals surface area contributed by atoms with Crippen molar-refractivity contribution in [2.45, 2.75) is 0 Å². The van der Waals surface area contributed by atoms with E-state index in [4.69, 9.17) is 0 Å². The van der Waals surface area contributed by atoms with E-state index in [9.17, 15) is 0 Å². The molecule has 106 heavy (non-hydrogen) atoms. The molecule has 19 rings (SSSR count). The largest absolute Gasteiger partial charge is 0.310 e. The van der Waals surface area contributed by atoms with Crippen LogP contribution in [-0.2, 0) is 0 Å². The number of hydrogen-bond acceptors (Lipinski definition) is 5. The van der Waals surface area contributed by atoms with Gasteiger partial charge in [0.1, 0.15) is 0 Å². The van der Waals surface area contributed by atoms with E-state index in [1.165, 1.54) is 43.6 Å². The number of hydrogen-bond donors (Lipinski definition) is 0. The van der Waals surface area contributed by atoms with Gasteiger partial charge in [-0.05, 0) is 237 Å². The fourth-order valence-corrected chi connectivity index (χ4v) is 14.9. The molecule has 0 saturated carbocycles. The van der Waals surface area contributed by atoms with E-state index >= 15 is 0 Å². The normalized spacial score (nSPS) is 11.2. The Hall–Kier alpha value is -14.3. The van der Waals surface area contributed by atoms with Crippen molar-refractivity contribution in [3.63, 3.8) is 0 Å². The molecule has 14 aromatic carbocycles. The molecule has 0 aliphatic rings. The molecule has 7 heteroatoms. The molecule has 7 nitrogen and oxygen atoms in total. The standard InChI is InChI=1S/C60H42N4.C39H27N3/c1-5-17-45(18-6-1)61(51-37-39-59-55(41-51)53-25-13-15-27-57(53)63(59)47-21-9-3-10-22-47)49-33-29-43(30-34-49)44-31-35-50(36-32-44)62(46-19-7-2-8-20-46)52-38-40-60-56(42-52)54-26-14-16-28-58(54)64(60)48-23-11-4-12-24-48;1-7-28(34-13-4-16-40-25-34)19-31(10-1)37-22-38(32-11-2-8-29(20-32)35-14-5-17-41-26-35)24-39(23-37)33-12-3-9-30(21-33)36-15-6-18-42-27-36/h1-42H;1-27H. The van der Waals surface area contributed by atoms with E-state index in [0.717, 1.165) is 123 Å². The van der Waals surface area contributed by atoms with E-state index in [1.807, 2.05) is 55.4 Å². The van der Waals surface area contributed by atoms with E-state index in [-0.39, 0.29) is 0 Å². The second-order valence-electron chi connectivity index (χ2n) is 26.5. The Kier molecular flexibility index (Phi) is 17.3. The molecule has 0 unspecified atom stereocenters. The third-order valence-corrected chi connectivity index (χ3v) is 20.0. The Bertz CT molecular complexity index is 5800. The van der Waals surface area contributed by atoms with Crippen molar-refractivity contribution in [1.29, 1.82) is 0 Å². The third kappa shape index (κ3) is 12.7. The minimum Gasteiger partial charge on any atom is -0.310 e.